The molecule has 0 unspecified atom stereocenters. The van der Waals surface area contributed by atoms with Gasteiger partial charge in [0.1, 0.15) is 18.2 Å². The molecule has 1 N–H and O–H groups in total. The maximum Gasteiger partial charge on any atom is 0.257 e. The number of rotatable bonds is 3. The first-order valence-corrected chi connectivity index (χ1v) is 11.0. The van der Waals surface area contributed by atoms with Gasteiger partial charge in [-0.3, -0.25) is 14.5 Å². The number of carbonyl (C=O) groups excluding carboxylic acids is 2. The molecule has 7 nitrogen and oxygen atoms in total. The topological polar surface area (TPSA) is 71.1 Å². The fraction of sp³-hybridized carbons (Fsp3) is 0.440. The molecule has 0 bridgehead atoms. The number of halogens is 1. The fourth-order valence-electron chi connectivity index (χ4n) is 3.84. The van der Waals surface area contributed by atoms with Crippen molar-refractivity contribution in [2.45, 2.75) is 26.0 Å². The maximum absolute atomic E-state index is 13.3. The van der Waals surface area contributed by atoms with Crippen molar-refractivity contribution in [1.29, 1.82) is 0 Å². The van der Waals surface area contributed by atoms with Crippen molar-refractivity contribution < 1.29 is 23.5 Å². The normalized spacial score (nSPS) is 22.5. The molecule has 0 aromatic heterocycles. The predicted molar refractivity (Wildman–Crippen MR) is 125 cm³/mol. The van der Waals surface area contributed by atoms with Crippen LogP contribution in [0, 0.1) is 11.7 Å². The number of amides is 2. The summed E-state index contributed by atoms with van der Waals surface area (Å²) in [4.78, 5) is 29.7. The molecule has 1 aliphatic rings. The summed E-state index contributed by atoms with van der Waals surface area (Å²) in [7, 11) is 5.44. The average molecular weight is 458 g/mol. The van der Waals surface area contributed by atoms with Gasteiger partial charge in [0, 0.05) is 44.5 Å². The number of ether oxygens (including phenoxy) is 2. The molecule has 8 heteroatoms. The summed E-state index contributed by atoms with van der Waals surface area (Å²) in [6.07, 6.45) is -0.126. The van der Waals surface area contributed by atoms with Crippen molar-refractivity contribution in [2.75, 3.05) is 46.2 Å². The van der Waals surface area contributed by atoms with Crippen molar-refractivity contribution in [2.24, 2.45) is 5.92 Å². The summed E-state index contributed by atoms with van der Waals surface area (Å²) in [5, 5.41) is 2.77. The van der Waals surface area contributed by atoms with Gasteiger partial charge in [0.05, 0.1) is 11.7 Å². The minimum atomic E-state index is -0.416. The van der Waals surface area contributed by atoms with E-state index in [1.165, 1.54) is 24.3 Å². The van der Waals surface area contributed by atoms with Crippen LogP contribution in [0.3, 0.4) is 0 Å². The highest BCUT2D eigenvalue weighted by Gasteiger charge is 2.27. The van der Waals surface area contributed by atoms with E-state index in [-0.39, 0.29) is 24.0 Å². The third-order valence-electron chi connectivity index (χ3n) is 6.12. The summed E-state index contributed by atoms with van der Waals surface area (Å²) in [6, 6.07) is 10.4. The van der Waals surface area contributed by atoms with Gasteiger partial charge in [-0.05, 0) is 62.4 Å². The van der Waals surface area contributed by atoms with Gasteiger partial charge in [-0.1, -0.05) is 6.92 Å². The van der Waals surface area contributed by atoms with Crippen molar-refractivity contribution >= 4 is 17.5 Å². The van der Waals surface area contributed by atoms with Crippen molar-refractivity contribution in [3.8, 4) is 5.75 Å². The standard InChI is InChI=1S/C25H32FN3O4/c1-16-13-28(3)17(2)15-33-22-11-10-20(27-24(30)18-6-8-19(26)9-7-18)12-21(22)25(31)29(4)14-23(16)32-5/h6-12,16-17,23H,13-15H2,1-5H3,(H,27,30)/t16-,17+,23+/m1/s1. The van der Waals surface area contributed by atoms with Crippen LogP contribution < -0.4 is 10.1 Å². The Balaban J connectivity index is 1.90. The zero-order chi connectivity index (χ0) is 24.1. The molecule has 3 atom stereocenters. The second kappa shape index (κ2) is 10.8. The third-order valence-corrected chi connectivity index (χ3v) is 6.12. The van der Waals surface area contributed by atoms with E-state index in [2.05, 4.69) is 24.1 Å². The van der Waals surface area contributed by atoms with Crippen LogP contribution in [0.5, 0.6) is 5.75 Å². The lowest BCUT2D eigenvalue weighted by atomic mass is 10.0. The monoisotopic (exact) mass is 457 g/mol. The molecule has 2 aromatic carbocycles. The summed E-state index contributed by atoms with van der Waals surface area (Å²) in [5.74, 6) is -0.375. The number of nitrogens with one attached hydrogen (secondary N) is 1. The number of likely N-dealkylation sites (N-methyl/N-ethyl adjacent to an activating group) is 2. The molecule has 0 saturated heterocycles. The molecular formula is C25H32FN3O4. The molecule has 0 fully saturated rings. The van der Waals surface area contributed by atoms with Crippen LogP contribution in [-0.2, 0) is 4.74 Å². The minimum Gasteiger partial charge on any atom is -0.491 e. The van der Waals surface area contributed by atoms with E-state index in [0.29, 0.717) is 35.7 Å². The number of benzene rings is 2. The number of hydrogen-bond acceptors (Lipinski definition) is 5. The average Bonchev–Trinajstić information content (AvgIpc) is 2.80. The van der Waals surface area contributed by atoms with E-state index in [1.54, 1.807) is 37.3 Å². The second-order valence-electron chi connectivity index (χ2n) is 8.71. The summed E-state index contributed by atoms with van der Waals surface area (Å²) in [5.41, 5.74) is 1.12. The lowest BCUT2D eigenvalue weighted by Gasteiger charge is -2.34. The van der Waals surface area contributed by atoms with Crippen molar-refractivity contribution in [3.05, 3.63) is 59.4 Å². The van der Waals surface area contributed by atoms with Crippen LogP contribution in [-0.4, -0.2) is 74.7 Å². The molecule has 1 heterocycles. The van der Waals surface area contributed by atoms with Gasteiger partial charge in [-0.15, -0.1) is 0 Å². The number of methoxy groups -OCH3 is 1. The molecule has 0 aliphatic carbocycles. The van der Waals surface area contributed by atoms with Crippen LogP contribution in [0.1, 0.15) is 34.6 Å². The molecule has 33 heavy (non-hydrogen) atoms. The number of carbonyl (C=O) groups is 2. The number of hydrogen-bond donors (Lipinski definition) is 1. The Bertz CT molecular complexity index is 982. The van der Waals surface area contributed by atoms with E-state index < -0.39 is 11.7 Å². The van der Waals surface area contributed by atoms with Crippen LogP contribution in [0.4, 0.5) is 10.1 Å². The Morgan fingerprint density at radius 1 is 1.12 bits per heavy atom. The number of fused-ring (bicyclic) bond motifs is 1. The highest BCUT2D eigenvalue weighted by atomic mass is 19.1. The lowest BCUT2D eigenvalue weighted by molar-refractivity contribution is 0.0150. The minimum absolute atomic E-state index is 0.126. The predicted octanol–water partition coefficient (Wildman–Crippen LogP) is 3.51. The third kappa shape index (κ3) is 6.09. The molecule has 0 spiro atoms. The largest absolute Gasteiger partial charge is 0.491 e. The van der Waals surface area contributed by atoms with Crippen LogP contribution in [0.2, 0.25) is 0 Å². The highest BCUT2D eigenvalue weighted by Crippen LogP contribution is 2.26. The number of nitrogens with zero attached hydrogens (tertiary/aromatic N) is 2. The highest BCUT2D eigenvalue weighted by molar-refractivity contribution is 6.05. The van der Waals surface area contributed by atoms with Gasteiger partial charge < -0.3 is 19.7 Å². The molecule has 2 aromatic rings. The maximum atomic E-state index is 13.3. The Hall–Kier alpha value is -2.97. The fourth-order valence-corrected chi connectivity index (χ4v) is 3.84. The Labute approximate surface area is 194 Å². The molecule has 0 radical (unpaired) electrons. The van der Waals surface area contributed by atoms with Gasteiger partial charge in [-0.25, -0.2) is 4.39 Å². The van der Waals surface area contributed by atoms with Crippen LogP contribution >= 0.6 is 0 Å². The van der Waals surface area contributed by atoms with Gasteiger partial charge in [-0.2, -0.15) is 0 Å². The first-order valence-electron chi connectivity index (χ1n) is 11.0. The zero-order valence-electron chi connectivity index (χ0n) is 19.8. The summed E-state index contributed by atoms with van der Waals surface area (Å²) >= 11 is 0. The lowest BCUT2D eigenvalue weighted by Crippen LogP contribution is -2.45. The summed E-state index contributed by atoms with van der Waals surface area (Å²) in [6.45, 7) is 5.83. The Morgan fingerprint density at radius 3 is 2.48 bits per heavy atom. The second-order valence-corrected chi connectivity index (χ2v) is 8.71. The van der Waals surface area contributed by atoms with Crippen molar-refractivity contribution in [3.63, 3.8) is 0 Å². The zero-order valence-corrected chi connectivity index (χ0v) is 19.8. The summed E-state index contributed by atoms with van der Waals surface area (Å²) < 4.78 is 24.9. The molecule has 2 amide bonds. The Kier molecular flexibility index (Phi) is 8.05. The quantitative estimate of drug-likeness (QED) is 0.764. The van der Waals surface area contributed by atoms with E-state index in [4.69, 9.17) is 9.47 Å². The molecule has 3 rings (SSSR count). The molecule has 1 aliphatic heterocycles. The van der Waals surface area contributed by atoms with E-state index >= 15 is 0 Å². The van der Waals surface area contributed by atoms with E-state index in [9.17, 15) is 14.0 Å². The van der Waals surface area contributed by atoms with Gasteiger partial charge in [0.25, 0.3) is 11.8 Å². The number of anilines is 1. The SMILES string of the molecule is CO[C@H]1CN(C)C(=O)c2cc(NC(=O)c3ccc(F)cc3)ccc2OC[C@H](C)N(C)C[C@H]1C. The van der Waals surface area contributed by atoms with Crippen molar-refractivity contribution in [1.82, 2.24) is 9.80 Å². The van der Waals surface area contributed by atoms with Gasteiger partial charge >= 0.3 is 0 Å². The Morgan fingerprint density at radius 2 is 1.82 bits per heavy atom. The molecule has 178 valence electrons. The molecular weight excluding hydrogens is 425 g/mol. The molecule has 0 saturated carbocycles. The van der Waals surface area contributed by atoms with Crippen LogP contribution in [0.25, 0.3) is 0 Å². The van der Waals surface area contributed by atoms with E-state index in [1.807, 2.05) is 7.05 Å². The smallest absolute Gasteiger partial charge is 0.257 e. The first-order chi connectivity index (χ1) is 15.7. The van der Waals surface area contributed by atoms with Gasteiger partial charge in [0.15, 0.2) is 0 Å². The van der Waals surface area contributed by atoms with Gasteiger partial charge in [0.2, 0.25) is 0 Å². The first kappa shape index (κ1) is 24.7. The van der Waals surface area contributed by atoms with Crippen LogP contribution in [0.15, 0.2) is 42.5 Å². The van der Waals surface area contributed by atoms with E-state index in [0.717, 1.165) is 6.54 Å².